The molecule has 0 bridgehead atoms. The van der Waals surface area contributed by atoms with Crippen LogP contribution in [0.15, 0.2) is 65.3 Å². The van der Waals surface area contributed by atoms with Crippen molar-refractivity contribution < 1.29 is 13.9 Å². The second kappa shape index (κ2) is 10.8. The SMILES string of the molecule is COc1cccc(CN(Cc2nc(C(=O)NCc3ccccc3)co2)[C@H](C)C(C)C)c1. The number of rotatable bonds is 10. The Balaban J connectivity index is 1.66. The lowest BCUT2D eigenvalue weighted by atomic mass is 10.0. The first kappa shape index (κ1) is 22.6. The number of carbonyl (C=O) groups is 1. The number of methoxy groups -OCH3 is 1. The number of hydrogen-bond acceptors (Lipinski definition) is 5. The van der Waals surface area contributed by atoms with Crippen molar-refractivity contribution in [1.29, 1.82) is 0 Å². The van der Waals surface area contributed by atoms with Crippen LogP contribution in [0.1, 0.15) is 48.3 Å². The molecule has 0 fully saturated rings. The molecule has 1 heterocycles. The van der Waals surface area contributed by atoms with Crippen LogP contribution in [0, 0.1) is 5.92 Å². The third kappa shape index (κ3) is 6.43. The molecule has 1 atom stereocenters. The molecular weight excluding hydrogens is 390 g/mol. The zero-order chi connectivity index (χ0) is 22.2. The molecule has 3 rings (SSSR count). The second-order valence-corrected chi connectivity index (χ2v) is 8.04. The lowest BCUT2D eigenvalue weighted by molar-refractivity contribution is 0.0945. The molecule has 3 aromatic rings. The molecule has 0 aliphatic rings. The van der Waals surface area contributed by atoms with Gasteiger partial charge in [-0.3, -0.25) is 9.69 Å². The fourth-order valence-electron chi connectivity index (χ4n) is 3.30. The fourth-order valence-corrected chi connectivity index (χ4v) is 3.30. The molecule has 1 aromatic heterocycles. The van der Waals surface area contributed by atoms with E-state index in [-0.39, 0.29) is 5.91 Å². The molecule has 6 nitrogen and oxygen atoms in total. The Labute approximate surface area is 184 Å². The average molecular weight is 422 g/mol. The quantitative estimate of drug-likeness (QED) is 0.516. The van der Waals surface area contributed by atoms with E-state index in [0.717, 1.165) is 23.4 Å². The first-order valence-electron chi connectivity index (χ1n) is 10.6. The van der Waals surface area contributed by atoms with Crippen LogP contribution < -0.4 is 10.1 Å². The highest BCUT2D eigenvalue weighted by molar-refractivity contribution is 5.91. The van der Waals surface area contributed by atoms with Gasteiger partial charge in [0.15, 0.2) is 5.69 Å². The second-order valence-electron chi connectivity index (χ2n) is 8.04. The van der Waals surface area contributed by atoms with Crippen molar-refractivity contribution in [2.24, 2.45) is 5.92 Å². The van der Waals surface area contributed by atoms with Gasteiger partial charge in [0, 0.05) is 19.1 Å². The summed E-state index contributed by atoms with van der Waals surface area (Å²) in [5.41, 5.74) is 2.48. The standard InChI is InChI=1S/C25H31N3O3/c1-18(2)19(3)28(15-21-11-8-12-22(13-21)30-4)16-24-27-23(17-31-24)25(29)26-14-20-9-6-5-7-10-20/h5-13,17-19H,14-16H2,1-4H3,(H,26,29)/t19-/m1/s1. The Morgan fingerprint density at radius 3 is 2.52 bits per heavy atom. The Morgan fingerprint density at radius 2 is 1.81 bits per heavy atom. The number of carbonyl (C=O) groups excluding carboxylic acids is 1. The maximum atomic E-state index is 12.5. The Kier molecular flexibility index (Phi) is 7.84. The van der Waals surface area contributed by atoms with Crippen LogP contribution in [0.2, 0.25) is 0 Å². The van der Waals surface area contributed by atoms with Crippen molar-refractivity contribution in [3.05, 3.63) is 83.6 Å². The van der Waals surface area contributed by atoms with Crippen molar-refractivity contribution >= 4 is 5.91 Å². The smallest absolute Gasteiger partial charge is 0.273 e. The molecule has 6 heteroatoms. The lowest BCUT2D eigenvalue weighted by Gasteiger charge is -2.30. The molecule has 0 aliphatic carbocycles. The van der Waals surface area contributed by atoms with E-state index in [1.165, 1.54) is 6.26 Å². The third-order valence-electron chi connectivity index (χ3n) is 5.48. The van der Waals surface area contributed by atoms with Gasteiger partial charge < -0.3 is 14.5 Å². The molecule has 0 saturated carbocycles. The van der Waals surface area contributed by atoms with Crippen LogP contribution in [-0.4, -0.2) is 28.9 Å². The average Bonchev–Trinajstić information content (AvgIpc) is 3.26. The summed E-state index contributed by atoms with van der Waals surface area (Å²) in [6, 6.07) is 18.1. The van der Waals surface area contributed by atoms with Gasteiger partial charge in [-0.25, -0.2) is 4.98 Å². The lowest BCUT2D eigenvalue weighted by Crippen LogP contribution is -2.36. The highest BCUT2D eigenvalue weighted by atomic mass is 16.5. The van der Waals surface area contributed by atoms with E-state index in [1.807, 2.05) is 48.5 Å². The normalized spacial score (nSPS) is 12.2. The van der Waals surface area contributed by atoms with Gasteiger partial charge in [-0.2, -0.15) is 0 Å². The van der Waals surface area contributed by atoms with E-state index in [0.29, 0.717) is 36.6 Å². The predicted octanol–water partition coefficient (Wildman–Crippen LogP) is 4.66. The summed E-state index contributed by atoms with van der Waals surface area (Å²) in [5, 5.41) is 2.89. The molecule has 0 spiro atoms. The first-order chi connectivity index (χ1) is 15.0. The van der Waals surface area contributed by atoms with Gasteiger partial charge in [-0.05, 0) is 36.1 Å². The summed E-state index contributed by atoms with van der Waals surface area (Å²) >= 11 is 0. The number of nitrogens with zero attached hydrogens (tertiary/aromatic N) is 2. The van der Waals surface area contributed by atoms with E-state index in [9.17, 15) is 4.79 Å². The van der Waals surface area contributed by atoms with E-state index in [2.05, 4.69) is 42.0 Å². The number of benzene rings is 2. The van der Waals surface area contributed by atoms with Crippen LogP contribution in [0.25, 0.3) is 0 Å². The number of ether oxygens (including phenoxy) is 1. The monoisotopic (exact) mass is 421 g/mol. The van der Waals surface area contributed by atoms with E-state index < -0.39 is 0 Å². The van der Waals surface area contributed by atoms with Crippen LogP contribution in [0.5, 0.6) is 5.75 Å². The minimum absolute atomic E-state index is 0.241. The van der Waals surface area contributed by atoms with Crippen molar-refractivity contribution in [2.75, 3.05) is 7.11 Å². The molecule has 1 amide bonds. The zero-order valence-electron chi connectivity index (χ0n) is 18.7. The summed E-state index contributed by atoms with van der Waals surface area (Å²) in [5.74, 6) is 1.58. The molecule has 1 N–H and O–H groups in total. The van der Waals surface area contributed by atoms with Gasteiger partial charge >= 0.3 is 0 Å². The summed E-state index contributed by atoms with van der Waals surface area (Å²) in [6.07, 6.45) is 1.43. The minimum Gasteiger partial charge on any atom is -0.497 e. The fraction of sp³-hybridized carbons (Fsp3) is 0.360. The number of hydrogen-bond donors (Lipinski definition) is 1. The number of aromatic nitrogens is 1. The predicted molar refractivity (Wildman–Crippen MR) is 121 cm³/mol. The van der Waals surface area contributed by atoms with Crippen LogP contribution in [0.4, 0.5) is 0 Å². The van der Waals surface area contributed by atoms with Crippen molar-refractivity contribution in [1.82, 2.24) is 15.2 Å². The van der Waals surface area contributed by atoms with Crippen molar-refractivity contribution in [2.45, 2.75) is 46.4 Å². The summed E-state index contributed by atoms with van der Waals surface area (Å²) < 4.78 is 11.0. The first-order valence-corrected chi connectivity index (χ1v) is 10.6. The van der Waals surface area contributed by atoms with Crippen LogP contribution >= 0.6 is 0 Å². The summed E-state index contributed by atoms with van der Waals surface area (Å²) in [6.45, 7) is 8.29. The molecule has 164 valence electrons. The van der Waals surface area contributed by atoms with Crippen LogP contribution in [0.3, 0.4) is 0 Å². The maximum absolute atomic E-state index is 12.5. The molecule has 2 aromatic carbocycles. The Morgan fingerprint density at radius 1 is 1.06 bits per heavy atom. The zero-order valence-corrected chi connectivity index (χ0v) is 18.7. The minimum atomic E-state index is -0.241. The number of oxazole rings is 1. The van der Waals surface area contributed by atoms with Gasteiger partial charge in [-0.15, -0.1) is 0 Å². The van der Waals surface area contributed by atoms with Gasteiger partial charge in [0.05, 0.1) is 13.7 Å². The van der Waals surface area contributed by atoms with Gasteiger partial charge in [0.1, 0.15) is 12.0 Å². The van der Waals surface area contributed by atoms with E-state index in [1.54, 1.807) is 7.11 Å². The summed E-state index contributed by atoms with van der Waals surface area (Å²) in [7, 11) is 1.67. The Bertz CT molecular complexity index is 969. The van der Waals surface area contributed by atoms with E-state index in [4.69, 9.17) is 9.15 Å². The van der Waals surface area contributed by atoms with Crippen molar-refractivity contribution in [3.8, 4) is 5.75 Å². The maximum Gasteiger partial charge on any atom is 0.273 e. The molecule has 0 saturated heterocycles. The topological polar surface area (TPSA) is 67.6 Å². The van der Waals surface area contributed by atoms with Gasteiger partial charge in [0.25, 0.3) is 5.91 Å². The largest absolute Gasteiger partial charge is 0.497 e. The van der Waals surface area contributed by atoms with Gasteiger partial charge in [-0.1, -0.05) is 56.3 Å². The molecule has 0 unspecified atom stereocenters. The summed E-state index contributed by atoms with van der Waals surface area (Å²) in [4.78, 5) is 19.2. The molecule has 0 radical (unpaired) electrons. The third-order valence-corrected chi connectivity index (χ3v) is 5.48. The van der Waals surface area contributed by atoms with Crippen LogP contribution in [-0.2, 0) is 19.6 Å². The van der Waals surface area contributed by atoms with E-state index >= 15 is 0 Å². The molecular formula is C25H31N3O3. The highest BCUT2D eigenvalue weighted by Gasteiger charge is 2.21. The van der Waals surface area contributed by atoms with Gasteiger partial charge in [0.2, 0.25) is 5.89 Å². The number of nitrogens with one attached hydrogen (secondary N) is 1. The highest BCUT2D eigenvalue weighted by Crippen LogP contribution is 2.20. The molecule has 0 aliphatic heterocycles. The van der Waals surface area contributed by atoms with Crippen molar-refractivity contribution in [3.63, 3.8) is 0 Å². The molecule has 31 heavy (non-hydrogen) atoms. The number of amides is 1. The Hall–Kier alpha value is -3.12.